The van der Waals surface area contributed by atoms with E-state index < -0.39 is 0 Å². The van der Waals surface area contributed by atoms with E-state index in [4.69, 9.17) is 4.74 Å². The molecule has 1 N–H and O–H groups in total. The molecule has 3 heteroatoms. The molecule has 0 unspecified atom stereocenters. The fraction of sp³-hybridized carbons (Fsp3) is 0.333. The lowest BCUT2D eigenvalue weighted by atomic mass is 10.2. The molecule has 0 spiro atoms. The lowest BCUT2D eigenvalue weighted by Crippen LogP contribution is -2.05. The fourth-order valence-corrected chi connectivity index (χ4v) is 1.49. The van der Waals surface area contributed by atoms with Crippen molar-refractivity contribution in [3.63, 3.8) is 0 Å². The number of hydrogen-bond acceptors (Lipinski definition) is 2. The lowest BCUT2D eigenvalue weighted by molar-refractivity contribution is 0.414. The first-order valence-corrected chi connectivity index (χ1v) is 4.54. The molecule has 1 rings (SSSR count). The Morgan fingerprint density at radius 3 is 2.75 bits per heavy atom. The molecular weight excluding hydrogens is 218 g/mol. The van der Waals surface area contributed by atoms with Gasteiger partial charge in [0.25, 0.3) is 0 Å². The molecule has 66 valence electrons. The van der Waals surface area contributed by atoms with Crippen LogP contribution in [0.3, 0.4) is 0 Å². The van der Waals surface area contributed by atoms with Crippen LogP contribution in [0.2, 0.25) is 0 Å². The van der Waals surface area contributed by atoms with Crippen LogP contribution < -0.4 is 10.1 Å². The first-order chi connectivity index (χ1) is 5.77. The Balaban J connectivity index is 2.87. The van der Waals surface area contributed by atoms with Crippen molar-refractivity contribution in [3.05, 3.63) is 28.2 Å². The van der Waals surface area contributed by atoms with Crippen LogP contribution in [-0.4, -0.2) is 14.2 Å². The molecule has 12 heavy (non-hydrogen) atoms. The molecule has 1 aromatic carbocycles. The number of benzene rings is 1. The van der Waals surface area contributed by atoms with Crippen LogP contribution in [0.25, 0.3) is 0 Å². The molecule has 0 aliphatic rings. The molecule has 0 bridgehead atoms. The van der Waals surface area contributed by atoms with Crippen molar-refractivity contribution in [1.29, 1.82) is 0 Å². The lowest BCUT2D eigenvalue weighted by Gasteiger charge is -2.05. The second-order valence-corrected chi connectivity index (χ2v) is 3.34. The van der Waals surface area contributed by atoms with Crippen LogP contribution in [0.4, 0.5) is 0 Å². The summed E-state index contributed by atoms with van der Waals surface area (Å²) in [5.41, 5.74) is 1.23. The van der Waals surface area contributed by atoms with E-state index in [-0.39, 0.29) is 0 Å². The van der Waals surface area contributed by atoms with Gasteiger partial charge in [0.1, 0.15) is 5.75 Å². The maximum absolute atomic E-state index is 5.08. The molecule has 0 atom stereocenters. The van der Waals surface area contributed by atoms with E-state index in [9.17, 15) is 0 Å². The third-order valence-electron chi connectivity index (χ3n) is 1.63. The highest BCUT2D eigenvalue weighted by atomic mass is 79.9. The Kier molecular flexibility index (Phi) is 3.56. The third-order valence-corrected chi connectivity index (χ3v) is 2.37. The fourth-order valence-electron chi connectivity index (χ4n) is 0.989. The molecular formula is C9H12BrNO. The first kappa shape index (κ1) is 9.55. The zero-order valence-electron chi connectivity index (χ0n) is 7.23. The quantitative estimate of drug-likeness (QED) is 0.859. The van der Waals surface area contributed by atoms with Crippen molar-refractivity contribution in [2.24, 2.45) is 0 Å². The van der Waals surface area contributed by atoms with E-state index in [0.29, 0.717) is 0 Å². The Hall–Kier alpha value is -0.540. The van der Waals surface area contributed by atoms with Crippen LogP contribution in [0.15, 0.2) is 22.7 Å². The van der Waals surface area contributed by atoms with Crippen molar-refractivity contribution >= 4 is 15.9 Å². The first-order valence-electron chi connectivity index (χ1n) is 3.75. The molecule has 0 aliphatic heterocycles. The van der Waals surface area contributed by atoms with Gasteiger partial charge in [0.15, 0.2) is 0 Å². The van der Waals surface area contributed by atoms with Gasteiger partial charge < -0.3 is 10.1 Å². The minimum atomic E-state index is 0.866. The molecule has 0 radical (unpaired) electrons. The highest BCUT2D eigenvalue weighted by Gasteiger charge is 1.99. The van der Waals surface area contributed by atoms with Gasteiger partial charge in [-0.2, -0.15) is 0 Å². The van der Waals surface area contributed by atoms with Gasteiger partial charge in [-0.05, 0) is 24.7 Å². The van der Waals surface area contributed by atoms with Crippen molar-refractivity contribution in [3.8, 4) is 5.75 Å². The van der Waals surface area contributed by atoms with Gasteiger partial charge in [-0.15, -0.1) is 0 Å². The van der Waals surface area contributed by atoms with Crippen LogP contribution >= 0.6 is 15.9 Å². The molecule has 0 saturated carbocycles. The largest absolute Gasteiger partial charge is 0.497 e. The number of hydrogen-bond donors (Lipinski definition) is 1. The molecule has 0 heterocycles. The molecule has 1 aromatic rings. The van der Waals surface area contributed by atoms with Crippen LogP contribution in [-0.2, 0) is 6.54 Å². The van der Waals surface area contributed by atoms with E-state index in [1.165, 1.54) is 5.56 Å². The summed E-state index contributed by atoms with van der Waals surface area (Å²) in [4.78, 5) is 0. The predicted octanol–water partition coefficient (Wildman–Crippen LogP) is 2.18. The summed E-state index contributed by atoms with van der Waals surface area (Å²) in [5, 5.41) is 3.09. The van der Waals surface area contributed by atoms with Crippen LogP contribution in [0, 0.1) is 0 Å². The Bertz CT molecular complexity index is 263. The van der Waals surface area contributed by atoms with Crippen LogP contribution in [0.1, 0.15) is 5.56 Å². The van der Waals surface area contributed by atoms with Crippen molar-refractivity contribution in [1.82, 2.24) is 5.32 Å². The van der Waals surface area contributed by atoms with Crippen molar-refractivity contribution in [2.75, 3.05) is 14.2 Å². The number of methoxy groups -OCH3 is 1. The Labute approximate surface area is 81.1 Å². The van der Waals surface area contributed by atoms with Gasteiger partial charge in [0.05, 0.1) is 7.11 Å². The average Bonchev–Trinajstić information content (AvgIpc) is 2.09. The van der Waals surface area contributed by atoms with Gasteiger partial charge >= 0.3 is 0 Å². The topological polar surface area (TPSA) is 21.3 Å². The minimum Gasteiger partial charge on any atom is -0.497 e. The summed E-state index contributed by atoms with van der Waals surface area (Å²) in [6.45, 7) is 0.866. The molecule has 0 fully saturated rings. The number of rotatable bonds is 3. The molecule has 2 nitrogen and oxygen atoms in total. The summed E-state index contributed by atoms with van der Waals surface area (Å²) >= 11 is 3.47. The van der Waals surface area contributed by atoms with Gasteiger partial charge in [0, 0.05) is 11.0 Å². The normalized spacial score (nSPS) is 9.92. The SMILES string of the molecule is CNCc1ccc(OC)cc1Br. The maximum atomic E-state index is 5.08. The standard InChI is InChI=1S/C9H12BrNO/c1-11-6-7-3-4-8(12-2)5-9(7)10/h3-5,11H,6H2,1-2H3. The summed E-state index contributed by atoms with van der Waals surface area (Å²) in [5.74, 6) is 0.877. The monoisotopic (exact) mass is 229 g/mol. The highest BCUT2D eigenvalue weighted by molar-refractivity contribution is 9.10. The Morgan fingerprint density at radius 1 is 1.50 bits per heavy atom. The molecule has 0 amide bonds. The molecule has 0 aromatic heterocycles. The number of nitrogens with one attached hydrogen (secondary N) is 1. The summed E-state index contributed by atoms with van der Waals surface area (Å²) in [6.07, 6.45) is 0. The maximum Gasteiger partial charge on any atom is 0.120 e. The smallest absolute Gasteiger partial charge is 0.120 e. The highest BCUT2D eigenvalue weighted by Crippen LogP contribution is 2.22. The molecule has 0 saturated heterocycles. The van der Waals surface area contributed by atoms with E-state index in [0.717, 1.165) is 16.8 Å². The minimum absolute atomic E-state index is 0.866. The Morgan fingerprint density at radius 2 is 2.25 bits per heavy atom. The zero-order chi connectivity index (χ0) is 8.97. The number of ether oxygens (including phenoxy) is 1. The number of halogens is 1. The van der Waals surface area contributed by atoms with Gasteiger partial charge in [0.2, 0.25) is 0 Å². The van der Waals surface area contributed by atoms with Crippen molar-refractivity contribution < 1.29 is 4.74 Å². The van der Waals surface area contributed by atoms with Crippen LogP contribution in [0.5, 0.6) is 5.75 Å². The second kappa shape index (κ2) is 4.48. The second-order valence-electron chi connectivity index (χ2n) is 2.49. The van der Waals surface area contributed by atoms with E-state index in [1.807, 2.05) is 25.2 Å². The summed E-state index contributed by atoms with van der Waals surface area (Å²) < 4.78 is 6.16. The van der Waals surface area contributed by atoms with E-state index in [2.05, 4.69) is 21.2 Å². The third kappa shape index (κ3) is 2.22. The molecule has 0 aliphatic carbocycles. The summed E-state index contributed by atoms with van der Waals surface area (Å²) in [6, 6.07) is 5.96. The van der Waals surface area contributed by atoms with E-state index in [1.54, 1.807) is 7.11 Å². The van der Waals surface area contributed by atoms with Gasteiger partial charge in [-0.1, -0.05) is 22.0 Å². The zero-order valence-corrected chi connectivity index (χ0v) is 8.81. The predicted molar refractivity (Wildman–Crippen MR) is 53.5 cm³/mol. The average molecular weight is 230 g/mol. The van der Waals surface area contributed by atoms with Gasteiger partial charge in [-0.25, -0.2) is 0 Å². The van der Waals surface area contributed by atoms with Gasteiger partial charge in [-0.3, -0.25) is 0 Å². The summed E-state index contributed by atoms with van der Waals surface area (Å²) in [7, 11) is 3.59. The van der Waals surface area contributed by atoms with Crippen molar-refractivity contribution in [2.45, 2.75) is 6.54 Å². The van der Waals surface area contributed by atoms with E-state index >= 15 is 0 Å².